The molecule has 0 spiro atoms. The van der Waals surface area contributed by atoms with Gasteiger partial charge in [0, 0.05) is 17.2 Å². The molecule has 4 rings (SSSR count). The average Bonchev–Trinajstić information content (AvgIpc) is 3.27. The third-order valence-electron chi connectivity index (χ3n) is 4.38. The number of nitrogens with one attached hydrogen (secondary N) is 2. The molecule has 0 unspecified atom stereocenters. The molecule has 0 fully saturated rings. The van der Waals surface area contributed by atoms with Gasteiger partial charge in [-0.1, -0.05) is 30.3 Å². The monoisotopic (exact) mass is 388 g/mol. The van der Waals surface area contributed by atoms with Gasteiger partial charge in [0.25, 0.3) is 0 Å². The van der Waals surface area contributed by atoms with Gasteiger partial charge in [-0.2, -0.15) is 10.2 Å². The van der Waals surface area contributed by atoms with E-state index >= 15 is 0 Å². The Morgan fingerprint density at radius 1 is 0.966 bits per heavy atom. The molecule has 0 radical (unpaired) electrons. The number of H-pyrrole nitrogens is 1. The standard InChI is InChI=1S/C21H20N6O2/c1-28-16-8-9-17(20(11-16)29-2)19-13-23-27-21(24-19)22-12-15-10-18(26-25-15)14-6-4-3-5-7-14/h3-11,13H,12H2,1-2H3,(H,25,26)(H,22,24,27). The summed E-state index contributed by atoms with van der Waals surface area (Å²) < 4.78 is 10.7. The third kappa shape index (κ3) is 4.16. The summed E-state index contributed by atoms with van der Waals surface area (Å²) in [5.41, 5.74) is 4.32. The molecule has 8 nitrogen and oxygen atoms in total. The van der Waals surface area contributed by atoms with Gasteiger partial charge in [-0.15, -0.1) is 5.10 Å². The number of benzene rings is 2. The molecule has 0 amide bonds. The highest BCUT2D eigenvalue weighted by Crippen LogP contribution is 2.32. The van der Waals surface area contributed by atoms with Crippen LogP contribution in [-0.4, -0.2) is 39.6 Å². The van der Waals surface area contributed by atoms with Crippen molar-refractivity contribution < 1.29 is 9.47 Å². The molecule has 0 saturated carbocycles. The predicted molar refractivity (Wildman–Crippen MR) is 110 cm³/mol. The van der Waals surface area contributed by atoms with Crippen LogP contribution in [-0.2, 0) is 6.54 Å². The first-order chi connectivity index (χ1) is 14.3. The van der Waals surface area contributed by atoms with Gasteiger partial charge in [-0.05, 0) is 18.2 Å². The highest BCUT2D eigenvalue weighted by molar-refractivity contribution is 5.68. The van der Waals surface area contributed by atoms with E-state index in [1.807, 2.05) is 48.5 Å². The van der Waals surface area contributed by atoms with Crippen LogP contribution in [0.2, 0.25) is 0 Å². The van der Waals surface area contributed by atoms with E-state index in [1.165, 1.54) is 0 Å². The summed E-state index contributed by atoms with van der Waals surface area (Å²) in [5.74, 6) is 1.77. The van der Waals surface area contributed by atoms with Crippen LogP contribution in [0.1, 0.15) is 5.69 Å². The summed E-state index contributed by atoms with van der Waals surface area (Å²) in [6.45, 7) is 0.491. The van der Waals surface area contributed by atoms with Gasteiger partial charge < -0.3 is 14.8 Å². The van der Waals surface area contributed by atoms with E-state index < -0.39 is 0 Å². The molecule has 0 aliphatic heterocycles. The topological polar surface area (TPSA) is 97.8 Å². The van der Waals surface area contributed by atoms with Crippen molar-refractivity contribution in [1.82, 2.24) is 25.4 Å². The van der Waals surface area contributed by atoms with Crippen LogP contribution in [0.25, 0.3) is 22.5 Å². The second kappa shape index (κ2) is 8.39. The number of hydrogen-bond acceptors (Lipinski definition) is 7. The van der Waals surface area contributed by atoms with Crippen molar-refractivity contribution in [2.75, 3.05) is 19.5 Å². The van der Waals surface area contributed by atoms with Crippen molar-refractivity contribution in [2.24, 2.45) is 0 Å². The van der Waals surface area contributed by atoms with E-state index in [-0.39, 0.29) is 0 Å². The highest BCUT2D eigenvalue weighted by Gasteiger charge is 2.11. The Morgan fingerprint density at radius 2 is 1.83 bits per heavy atom. The Labute approximate surface area is 167 Å². The van der Waals surface area contributed by atoms with Gasteiger partial charge in [-0.3, -0.25) is 5.10 Å². The zero-order chi connectivity index (χ0) is 20.1. The third-order valence-corrected chi connectivity index (χ3v) is 4.38. The second-order valence-corrected chi connectivity index (χ2v) is 6.23. The minimum Gasteiger partial charge on any atom is -0.497 e. The van der Waals surface area contributed by atoms with Gasteiger partial charge in [0.15, 0.2) is 0 Å². The zero-order valence-electron chi connectivity index (χ0n) is 16.1. The van der Waals surface area contributed by atoms with Crippen molar-refractivity contribution in [1.29, 1.82) is 0 Å². The van der Waals surface area contributed by atoms with Crippen molar-refractivity contribution in [3.8, 4) is 34.0 Å². The van der Waals surface area contributed by atoms with E-state index in [4.69, 9.17) is 9.47 Å². The molecule has 0 bridgehead atoms. The van der Waals surface area contributed by atoms with Crippen molar-refractivity contribution in [3.63, 3.8) is 0 Å². The molecule has 2 aromatic carbocycles. The molecule has 29 heavy (non-hydrogen) atoms. The smallest absolute Gasteiger partial charge is 0.243 e. The van der Waals surface area contributed by atoms with Gasteiger partial charge in [0.1, 0.15) is 11.5 Å². The first-order valence-electron chi connectivity index (χ1n) is 9.02. The van der Waals surface area contributed by atoms with Crippen LogP contribution >= 0.6 is 0 Å². The Hall–Kier alpha value is -3.94. The van der Waals surface area contributed by atoms with Crippen LogP contribution in [0.15, 0.2) is 60.8 Å². The molecular weight excluding hydrogens is 368 g/mol. The summed E-state index contributed by atoms with van der Waals surface area (Å²) in [5, 5.41) is 18.7. The summed E-state index contributed by atoms with van der Waals surface area (Å²) in [4.78, 5) is 4.55. The second-order valence-electron chi connectivity index (χ2n) is 6.23. The minimum atomic E-state index is 0.413. The minimum absolute atomic E-state index is 0.413. The Kier molecular flexibility index (Phi) is 5.33. The van der Waals surface area contributed by atoms with Crippen molar-refractivity contribution in [2.45, 2.75) is 6.54 Å². The number of aromatic amines is 1. The number of rotatable bonds is 7. The number of hydrogen-bond donors (Lipinski definition) is 2. The summed E-state index contributed by atoms with van der Waals surface area (Å²) in [6.07, 6.45) is 1.60. The normalized spacial score (nSPS) is 10.6. The van der Waals surface area contributed by atoms with Gasteiger partial charge in [0.05, 0.1) is 44.0 Å². The van der Waals surface area contributed by atoms with Crippen LogP contribution in [0, 0.1) is 0 Å². The van der Waals surface area contributed by atoms with E-state index in [1.54, 1.807) is 26.5 Å². The molecule has 2 aromatic heterocycles. The van der Waals surface area contributed by atoms with Crippen LogP contribution in [0.3, 0.4) is 0 Å². The Morgan fingerprint density at radius 3 is 2.62 bits per heavy atom. The maximum atomic E-state index is 5.45. The number of aromatic nitrogens is 5. The lowest BCUT2D eigenvalue weighted by Crippen LogP contribution is -2.06. The summed E-state index contributed by atoms with van der Waals surface area (Å²) in [6, 6.07) is 17.5. The van der Waals surface area contributed by atoms with Gasteiger partial charge >= 0.3 is 0 Å². The number of ether oxygens (including phenoxy) is 2. The summed E-state index contributed by atoms with van der Waals surface area (Å²) in [7, 11) is 3.22. The molecule has 0 saturated heterocycles. The van der Waals surface area contributed by atoms with E-state index in [0.717, 1.165) is 22.5 Å². The molecule has 2 N–H and O–H groups in total. The SMILES string of the molecule is COc1ccc(-c2cnnc(NCc3cc(-c4ccccc4)n[nH]3)n2)c(OC)c1. The molecule has 0 atom stereocenters. The number of nitrogens with zero attached hydrogens (tertiary/aromatic N) is 4. The lowest BCUT2D eigenvalue weighted by atomic mass is 10.1. The van der Waals surface area contributed by atoms with Crippen LogP contribution < -0.4 is 14.8 Å². The molecule has 146 valence electrons. The van der Waals surface area contributed by atoms with Crippen LogP contribution in [0.5, 0.6) is 11.5 Å². The summed E-state index contributed by atoms with van der Waals surface area (Å²) >= 11 is 0. The lowest BCUT2D eigenvalue weighted by molar-refractivity contribution is 0.395. The van der Waals surface area contributed by atoms with Crippen molar-refractivity contribution in [3.05, 3.63) is 66.5 Å². The van der Waals surface area contributed by atoms with Crippen LogP contribution in [0.4, 0.5) is 5.95 Å². The fourth-order valence-electron chi connectivity index (χ4n) is 2.90. The molecule has 0 aliphatic carbocycles. The van der Waals surface area contributed by atoms with E-state index in [2.05, 4.69) is 30.7 Å². The fraction of sp³-hybridized carbons (Fsp3) is 0.143. The van der Waals surface area contributed by atoms with E-state index in [0.29, 0.717) is 29.7 Å². The first kappa shape index (κ1) is 18.4. The highest BCUT2D eigenvalue weighted by atomic mass is 16.5. The first-order valence-corrected chi connectivity index (χ1v) is 9.02. The fourth-order valence-corrected chi connectivity index (χ4v) is 2.90. The van der Waals surface area contributed by atoms with E-state index in [9.17, 15) is 0 Å². The zero-order valence-corrected chi connectivity index (χ0v) is 16.1. The largest absolute Gasteiger partial charge is 0.497 e. The lowest BCUT2D eigenvalue weighted by Gasteiger charge is -2.10. The maximum Gasteiger partial charge on any atom is 0.243 e. The number of anilines is 1. The molecule has 0 aliphatic rings. The molecule has 4 aromatic rings. The Balaban J connectivity index is 1.50. The van der Waals surface area contributed by atoms with Gasteiger partial charge in [-0.25, -0.2) is 4.98 Å². The molecule has 8 heteroatoms. The number of methoxy groups -OCH3 is 2. The predicted octanol–water partition coefficient (Wildman–Crippen LogP) is 3.56. The quantitative estimate of drug-likeness (QED) is 0.499. The maximum absolute atomic E-state index is 5.45. The average molecular weight is 388 g/mol. The van der Waals surface area contributed by atoms with Crippen molar-refractivity contribution >= 4 is 5.95 Å². The van der Waals surface area contributed by atoms with Gasteiger partial charge in [0.2, 0.25) is 5.95 Å². The Bertz CT molecular complexity index is 1100. The molecular formula is C21H20N6O2. The molecule has 2 heterocycles.